The van der Waals surface area contributed by atoms with Crippen LogP contribution in [0.2, 0.25) is 0 Å². The second kappa shape index (κ2) is 8.57. The normalized spacial score (nSPS) is 15.0. The number of imidazole rings is 1. The van der Waals surface area contributed by atoms with Crippen LogP contribution in [-0.4, -0.2) is 28.0 Å². The highest BCUT2D eigenvalue weighted by Gasteiger charge is 2.12. The van der Waals surface area contributed by atoms with Gasteiger partial charge in [-0.05, 0) is 44.1 Å². The predicted octanol–water partition coefficient (Wildman–Crippen LogP) is 3.40. The Kier molecular flexibility index (Phi) is 8.28. The maximum absolute atomic E-state index is 5.76. The number of nitrogens with zero attached hydrogens (tertiary/aromatic N) is 2. The molecule has 0 radical (unpaired) electrons. The molecule has 0 amide bonds. The van der Waals surface area contributed by atoms with Gasteiger partial charge in [-0.15, -0.1) is 37.2 Å². The van der Waals surface area contributed by atoms with Crippen molar-refractivity contribution in [2.45, 2.75) is 25.8 Å². The van der Waals surface area contributed by atoms with Gasteiger partial charge in [-0.2, -0.15) is 0 Å². The molecule has 1 aromatic carbocycles. The molecule has 0 atom stereocenters. The third-order valence-electron chi connectivity index (χ3n) is 3.38. The highest BCUT2D eigenvalue weighted by molar-refractivity contribution is 5.86. The Balaban J connectivity index is 0.00000120. The van der Waals surface area contributed by atoms with Crippen molar-refractivity contribution >= 4 is 53.9 Å². The molecule has 7 heteroatoms. The highest BCUT2D eigenvalue weighted by atomic mass is 35.5. The number of nitrogen functional groups attached to an aromatic ring is 1. The number of aromatic amines is 1. The van der Waals surface area contributed by atoms with E-state index >= 15 is 0 Å². The summed E-state index contributed by atoms with van der Waals surface area (Å²) in [5.74, 6) is 1.05. The number of anilines is 1. The summed E-state index contributed by atoms with van der Waals surface area (Å²) in [5.41, 5.74) is 8.59. The molecule has 114 valence electrons. The van der Waals surface area contributed by atoms with Gasteiger partial charge in [0.15, 0.2) is 0 Å². The van der Waals surface area contributed by atoms with Crippen LogP contribution >= 0.6 is 37.2 Å². The van der Waals surface area contributed by atoms with E-state index in [1.54, 1.807) is 0 Å². The minimum atomic E-state index is 0. The Morgan fingerprint density at radius 1 is 1.10 bits per heavy atom. The predicted molar refractivity (Wildman–Crippen MR) is 91.4 cm³/mol. The summed E-state index contributed by atoms with van der Waals surface area (Å²) in [4.78, 5) is 10.4. The van der Waals surface area contributed by atoms with Crippen LogP contribution in [0.15, 0.2) is 18.2 Å². The number of likely N-dealkylation sites (tertiary alicyclic amines) is 1. The molecule has 3 rings (SSSR count). The molecule has 4 nitrogen and oxygen atoms in total. The number of piperidine rings is 1. The number of halogens is 3. The van der Waals surface area contributed by atoms with Gasteiger partial charge in [0, 0.05) is 5.69 Å². The van der Waals surface area contributed by atoms with Gasteiger partial charge in [0.05, 0.1) is 17.6 Å². The average molecular weight is 340 g/mol. The van der Waals surface area contributed by atoms with E-state index < -0.39 is 0 Å². The molecule has 1 saturated heterocycles. The van der Waals surface area contributed by atoms with E-state index in [4.69, 9.17) is 5.73 Å². The topological polar surface area (TPSA) is 57.9 Å². The molecule has 2 aromatic rings. The summed E-state index contributed by atoms with van der Waals surface area (Å²) in [6.07, 6.45) is 3.99. The van der Waals surface area contributed by atoms with Crippen LogP contribution in [0.25, 0.3) is 11.0 Å². The second-order valence-electron chi connectivity index (χ2n) is 4.80. The fourth-order valence-electron chi connectivity index (χ4n) is 2.48. The van der Waals surface area contributed by atoms with Gasteiger partial charge in [-0.1, -0.05) is 6.42 Å². The van der Waals surface area contributed by atoms with Crippen molar-refractivity contribution in [1.82, 2.24) is 14.9 Å². The highest BCUT2D eigenvalue weighted by Crippen LogP contribution is 2.17. The van der Waals surface area contributed by atoms with Gasteiger partial charge in [0.2, 0.25) is 0 Å². The number of rotatable bonds is 2. The Morgan fingerprint density at radius 3 is 2.50 bits per heavy atom. The first-order chi connectivity index (χ1) is 8.31. The number of hydrogen-bond donors (Lipinski definition) is 2. The lowest BCUT2D eigenvalue weighted by Crippen LogP contribution is -2.29. The van der Waals surface area contributed by atoms with Gasteiger partial charge < -0.3 is 10.7 Å². The molecule has 0 bridgehead atoms. The number of benzene rings is 1. The van der Waals surface area contributed by atoms with Crippen LogP contribution in [0.5, 0.6) is 0 Å². The van der Waals surface area contributed by atoms with Gasteiger partial charge >= 0.3 is 0 Å². The quantitative estimate of drug-likeness (QED) is 0.825. The Labute approximate surface area is 137 Å². The first kappa shape index (κ1) is 19.3. The van der Waals surface area contributed by atoms with Crippen molar-refractivity contribution in [2.75, 3.05) is 18.8 Å². The number of hydrogen-bond acceptors (Lipinski definition) is 3. The van der Waals surface area contributed by atoms with E-state index in [0.29, 0.717) is 0 Å². The Morgan fingerprint density at radius 2 is 1.80 bits per heavy atom. The summed E-state index contributed by atoms with van der Waals surface area (Å²) < 4.78 is 0. The van der Waals surface area contributed by atoms with E-state index in [9.17, 15) is 0 Å². The number of H-pyrrole nitrogens is 1. The van der Waals surface area contributed by atoms with E-state index in [1.807, 2.05) is 18.2 Å². The van der Waals surface area contributed by atoms with Crippen molar-refractivity contribution < 1.29 is 0 Å². The maximum atomic E-state index is 5.76. The summed E-state index contributed by atoms with van der Waals surface area (Å²) in [7, 11) is 0. The van der Waals surface area contributed by atoms with Crippen LogP contribution < -0.4 is 5.73 Å². The van der Waals surface area contributed by atoms with Crippen molar-refractivity contribution in [2.24, 2.45) is 0 Å². The fraction of sp³-hybridized carbons (Fsp3) is 0.462. The van der Waals surface area contributed by atoms with Gasteiger partial charge in [-0.25, -0.2) is 4.98 Å². The van der Waals surface area contributed by atoms with E-state index in [1.165, 1.54) is 32.4 Å². The van der Waals surface area contributed by atoms with Crippen LogP contribution in [0, 0.1) is 0 Å². The number of fused-ring (bicyclic) bond motifs is 1. The molecule has 1 fully saturated rings. The number of nitrogens with one attached hydrogen (secondary N) is 1. The Hall–Kier alpha value is -0.680. The first-order valence-electron chi connectivity index (χ1n) is 6.28. The molecular weight excluding hydrogens is 319 g/mol. The first-order valence-corrected chi connectivity index (χ1v) is 6.28. The van der Waals surface area contributed by atoms with E-state index in [0.717, 1.165) is 29.1 Å². The molecule has 1 aliphatic heterocycles. The summed E-state index contributed by atoms with van der Waals surface area (Å²) >= 11 is 0. The SMILES string of the molecule is Cl.Cl.Cl.Nc1ccc2nc(CN3CCCCC3)[nH]c2c1. The third-order valence-corrected chi connectivity index (χ3v) is 3.38. The minimum absolute atomic E-state index is 0. The Bertz CT molecular complexity index is 523. The lowest BCUT2D eigenvalue weighted by molar-refractivity contribution is 0.216. The molecule has 0 spiro atoms. The van der Waals surface area contributed by atoms with E-state index in [2.05, 4.69) is 14.9 Å². The zero-order valence-electron chi connectivity index (χ0n) is 11.2. The summed E-state index contributed by atoms with van der Waals surface area (Å²) in [6.45, 7) is 3.31. The van der Waals surface area contributed by atoms with Crippen LogP contribution in [0.4, 0.5) is 5.69 Å². The molecule has 3 N–H and O–H groups in total. The second-order valence-corrected chi connectivity index (χ2v) is 4.80. The van der Waals surface area contributed by atoms with Crippen LogP contribution in [0.3, 0.4) is 0 Å². The molecule has 0 saturated carbocycles. The molecule has 1 aliphatic rings. The molecule has 0 unspecified atom stereocenters. The van der Waals surface area contributed by atoms with Crippen molar-refractivity contribution in [3.63, 3.8) is 0 Å². The fourth-order valence-corrected chi connectivity index (χ4v) is 2.48. The molecule has 0 aliphatic carbocycles. The van der Waals surface area contributed by atoms with Crippen molar-refractivity contribution in [3.8, 4) is 0 Å². The van der Waals surface area contributed by atoms with Gasteiger partial charge in [0.25, 0.3) is 0 Å². The van der Waals surface area contributed by atoms with Crippen LogP contribution in [0.1, 0.15) is 25.1 Å². The lowest BCUT2D eigenvalue weighted by atomic mass is 10.1. The van der Waals surface area contributed by atoms with Crippen molar-refractivity contribution in [3.05, 3.63) is 24.0 Å². The van der Waals surface area contributed by atoms with Gasteiger partial charge in [-0.3, -0.25) is 4.90 Å². The molecule has 20 heavy (non-hydrogen) atoms. The molecule has 2 heterocycles. The lowest BCUT2D eigenvalue weighted by Gasteiger charge is -2.25. The zero-order chi connectivity index (χ0) is 11.7. The largest absolute Gasteiger partial charge is 0.399 e. The summed E-state index contributed by atoms with van der Waals surface area (Å²) in [6, 6.07) is 5.82. The van der Waals surface area contributed by atoms with Crippen LogP contribution in [-0.2, 0) is 6.54 Å². The number of nitrogens with two attached hydrogens (primary N) is 1. The third kappa shape index (κ3) is 4.42. The molecular formula is C13H21Cl3N4. The smallest absolute Gasteiger partial charge is 0.121 e. The standard InChI is InChI=1S/C13H18N4.3ClH/c14-10-4-5-11-12(8-10)16-13(15-11)9-17-6-2-1-3-7-17;;;/h4-5,8H,1-3,6-7,9,14H2,(H,15,16);3*1H. The maximum Gasteiger partial charge on any atom is 0.121 e. The molecule has 1 aromatic heterocycles. The zero-order valence-corrected chi connectivity index (χ0v) is 13.6. The van der Waals surface area contributed by atoms with Crippen molar-refractivity contribution in [1.29, 1.82) is 0 Å². The average Bonchev–Trinajstić information content (AvgIpc) is 2.71. The summed E-state index contributed by atoms with van der Waals surface area (Å²) in [5, 5.41) is 0. The number of aromatic nitrogens is 2. The van der Waals surface area contributed by atoms with E-state index in [-0.39, 0.29) is 37.2 Å². The monoisotopic (exact) mass is 338 g/mol. The van der Waals surface area contributed by atoms with Gasteiger partial charge in [0.1, 0.15) is 5.82 Å². The minimum Gasteiger partial charge on any atom is -0.399 e.